The summed E-state index contributed by atoms with van der Waals surface area (Å²) in [7, 11) is 0. The molecule has 0 aromatic heterocycles. The first-order valence-corrected chi connectivity index (χ1v) is 7.45. The Labute approximate surface area is 116 Å². The molecule has 19 heavy (non-hydrogen) atoms. The molecule has 0 spiro atoms. The fourth-order valence-corrected chi connectivity index (χ4v) is 2.82. The maximum atomic E-state index is 10.7. The Bertz CT molecular complexity index is 360. The Hall–Kier alpha value is -0.900. The fourth-order valence-electron chi connectivity index (χ4n) is 2.82. The molecule has 3 nitrogen and oxygen atoms in total. The van der Waals surface area contributed by atoms with Gasteiger partial charge in [0.25, 0.3) is 0 Å². The lowest BCUT2D eigenvalue weighted by Gasteiger charge is -2.30. The third kappa shape index (κ3) is 4.03. The molecule has 1 aromatic rings. The molecule has 3 heteroatoms. The molecule has 1 aliphatic heterocycles. The monoisotopic (exact) mass is 262 g/mol. The van der Waals surface area contributed by atoms with Crippen molar-refractivity contribution in [3.63, 3.8) is 0 Å². The van der Waals surface area contributed by atoms with Gasteiger partial charge in [-0.05, 0) is 37.9 Å². The van der Waals surface area contributed by atoms with Crippen LogP contribution in [0.5, 0.6) is 0 Å². The number of benzene rings is 1. The van der Waals surface area contributed by atoms with Gasteiger partial charge in [-0.3, -0.25) is 0 Å². The second kappa shape index (κ2) is 7.04. The molecule has 1 atom stereocenters. The summed E-state index contributed by atoms with van der Waals surface area (Å²) >= 11 is 0. The lowest BCUT2D eigenvalue weighted by atomic mass is 9.90. The number of hydrogen-bond donors (Lipinski definition) is 2. The number of nitrogens with zero attached hydrogens (tertiary/aromatic N) is 1. The molecule has 1 unspecified atom stereocenters. The van der Waals surface area contributed by atoms with Gasteiger partial charge in [0.2, 0.25) is 0 Å². The molecule has 0 radical (unpaired) electrons. The van der Waals surface area contributed by atoms with Gasteiger partial charge in [-0.1, -0.05) is 43.2 Å². The van der Waals surface area contributed by atoms with E-state index in [9.17, 15) is 5.11 Å². The maximum Gasteiger partial charge on any atom is 0.103 e. The minimum absolute atomic E-state index is 0.283. The molecule has 1 heterocycles. The normalized spacial score (nSPS) is 20.7. The largest absolute Gasteiger partial charge is 0.384 e. The summed E-state index contributed by atoms with van der Waals surface area (Å²) in [5, 5.41) is 10.7. The molecule has 1 saturated heterocycles. The molecule has 0 saturated carbocycles. The fraction of sp³-hybridized carbons (Fsp3) is 0.625. The first-order valence-electron chi connectivity index (χ1n) is 7.45. The SMILES string of the molecule is NCC(O)(CCN1CCCCCC1)c1ccccc1. The van der Waals surface area contributed by atoms with E-state index in [1.54, 1.807) is 0 Å². The van der Waals surface area contributed by atoms with E-state index >= 15 is 0 Å². The van der Waals surface area contributed by atoms with Crippen molar-refractivity contribution in [3.05, 3.63) is 35.9 Å². The van der Waals surface area contributed by atoms with Crippen molar-refractivity contribution in [2.24, 2.45) is 5.73 Å². The first kappa shape index (κ1) is 14.5. The Kier molecular flexibility index (Phi) is 5.37. The lowest BCUT2D eigenvalue weighted by Crippen LogP contribution is -2.39. The van der Waals surface area contributed by atoms with E-state index in [0.29, 0.717) is 6.42 Å². The van der Waals surface area contributed by atoms with Gasteiger partial charge >= 0.3 is 0 Å². The molecule has 0 amide bonds. The zero-order valence-electron chi connectivity index (χ0n) is 11.7. The summed E-state index contributed by atoms with van der Waals surface area (Å²) < 4.78 is 0. The Morgan fingerprint density at radius 3 is 2.26 bits per heavy atom. The summed E-state index contributed by atoms with van der Waals surface area (Å²) in [6.45, 7) is 3.54. The minimum atomic E-state index is -0.881. The maximum absolute atomic E-state index is 10.7. The molecule has 1 aromatic carbocycles. The first-order chi connectivity index (χ1) is 9.24. The van der Waals surface area contributed by atoms with Crippen LogP contribution in [0.4, 0.5) is 0 Å². The average Bonchev–Trinajstić information content (AvgIpc) is 2.74. The van der Waals surface area contributed by atoms with Crippen LogP contribution in [0.1, 0.15) is 37.7 Å². The van der Waals surface area contributed by atoms with Crippen LogP contribution in [0, 0.1) is 0 Å². The van der Waals surface area contributed by atoms with Gasteiger partial charge in [0.1, 0.15) is 5.60 Å². The van der Waals surface area contributed by atoms with Crippen LogP contribution < -0.4 is 5.73 Å². The molecule has 106 valence electrons. The van der Waals surface area contributed by atoms with E-state index in [1.807, 2.05) is 30.3 Å². The van der Waals surface area contributed by atoms with Crippen molar-refractivity contribution < 1.29 is 5.11 Å². The van der Waals surface area contributed by atoms with Gasteiger partial charge in [0.15, 0.2) is 0 Å². The van der Waals surface area contributed by atoms with Crippen molar-refractivity contribution in [1.82, 2.24) is 4.90 Å². The second-order valence-electron chi connectivity index (χ2n) is 5.61. The van der Waals surface area contributed by atoms with Gasteiger partial charge in [-0.15, -0.1) is 0 Å². The zero-order chi connectivity index (χ0) is 13.6. The number of nitrogens with two attached hydrogens (primary N) is 1. The Balaban J connectivity index is 1.94. The number of hydrogen-bond acceptors (Lipinski definition) is 3. The van der Waals surface area contributed by atoms with E-state index in [0.717, 1.165) is 25.2 Å². The third-order valence-electron chi connectivity index (χ3n) is 4.19. The quantitative estimate of drug-likeness (QED) is 0.854. The van der Waals surface area contributed by atoms with E-state index in [1.165, 1.54) is 25.7 Å². The van der Waals surface area contributed by atoms with Crippen LogP contribution in [-0.4, -0.2) is 36.2 Å². The van der Waals surface area contributed by atoms with Crippen molar-refractivity contribution in [3.8, 4) is 0 Å². The molecular weight excluding hydrogens is 236 g/mol. The van der Waals surface area contributed by atoms with Crippen LogP contribution in [0.3, 0.4) is 0 Å². The van der Waals surface area contributed by atoms with Crippen LogP contribution >= 0.6 is 0 Å². The Morgan fingerprint density at radius 2 is 1.68 bits per heavy atom. The van der Waals surface area contributed by atoms with Crippen molar-refractivity contribution in [1.29, 1.82) is 0 Å². The summed E-state index contributed by atoms with van der Waals surface area (Å²) in [5.74, 6) is 0. The van der Waals surface area contributed by atoms with E-state index < -0.39 is 5.60 Å². The topological polar surface area (TPSA) is 49.5 Å². The van der Waals surface area contributed by atoms with Gasteiger partial charge < -0.3 is 15.7 Å². The van der Waals surface area contributed by atoms with Gasteiger partial charge in [0, 0.05) is 13.1 Å². The molecule has 3 N–H and O–H groups in total. The number of rotatable bonds is 5. The zero-order valence-corrected chi connectivity index (χ0v) is 11.7. The smallest absolute Gasteiger partial charge is 0.103 e. The molecule has 2 rings (SSSR count). The molecule has 1 aliphatic rings. The molecule has 1 fully saturated rings. The van der Waals surface area contributed by atoms with Gasteiger partial charge in [0.05, 0.1) is 0 Å². The van der Waals surface area contributed by atoms with Crippen LogP contribution in [0.15, 0.2) is 30.3 Å². The summed E-state index contributed by atoms with van der Waals surface area (Å²) in [4.78, 5) is 2.47. The van der Waals surface area contributed by atoms with Crippen molar-refractivity contribution >= 4 is 0 Å². The molecule has 0 bridgehead atoms. The lowest BCUT2D eigenvalue weighted by molar-refractivity contribution is 0.0260. The number of aliphatic hydroxyl groups is 1. The average molecular weight is 262 g/mol. The van der Waals surface area contributed by atoms with Gasteiger partial charge in [-0.25, -0.2) is 0 Å². The highest BCUT2D eigenvalue weighted by molar-refractivity contribution is 5.22. The highest BCUT2D eigenvalue weighted by Crippen LogP contribution is 2.24. The predicted molar refractivity (Wildman–Crippen MR) is 78.9 cm³/mol. The van der Waals surface area contributed by atoms with E-state index in [-0.39, 0.29) is 6.54 Å². The van der Waals surface area contributed by atoms with Crippen LogP contribution in [0.25, 0.3) is 0 Å². The van der Waals surface area contributed by atoms with Gasteiger partial charge in [-0.2, -0.15) is 0 Å². The molecular formula is C16H26N2O. The Morgan fingerprint density at radius 1 is 1.05 bits per heavy atom. The minimum Gasteiger partial charge on any atom is -0.384 e. The highest BCUT2D eigenvalue weighted by atomic mass is 16.3. The second-order valence-corrected chi connectivity index (χ2v) is 5.61. The number of likely N-dealkylation sites (tertiary alicyclic amines) is 1. The van der Waals surface area contributed by atoms with Crippen LogP contribution in [-0.2, 0) is 5.60 Å². The van der Waals surface area contributed by atoms with E-state index in [2.05, 4.69) is 4.90 Å². The predicted octanol–water partition coefficient (Wildman–Crippen LogP) is 2.10. The highest BCUT2D eigenvalue weighted by Gasteiger charge is 2.27. The summed E-state index contributed by atoms with van der Waals surface area (Å²) in [6.07, 6.45) is 5.97. The summed E-state index contributed by atoms with van der Waals surface area (Å²) in [6, 6.07) is 9.82. The molecule has 0 aliphatic carbocycles. The standard InChI is InChI=1S/C16H26N2O/c17-14-16(19,15-8-4-3-5-9-15)10-13-18-11-6-1-2-7-12-18/h3-5,8-9,19H,1-2,6-7,10-14,17H2. The van der Waals surface area contributed by atoms with Crippen molar-refractivity contribution in [2.45, 2.75) is 37.7 Å². The van der Waals surface area contributed by atoms with E-state index in [4.69, 9.17) is 5.73 Å². The third-order valence-corrected chi connectivity index (χ3v) is 4.19. The summed E-state index contributed by atoms with van der Waals surface area (Å²) in [5.41, 5.74) is 5.87. The van der Waals surface area contributed by atoms with Crippen molar-refractivity contribution in [2.75, 3.05) is 26.2 Å². The van der Waals surface area contributed by atoms with Crippen LogP contribution in [0.2, 0.25) is 0 Å².